The van der Waals surface area contributed by atoms with E-state index in [1.165, 1.54) is 0 Å². The molecular formula is C21H23N3O4. The molecule has 0 radical (unpaired) electrons. The van der Waals surface area contributed by atoms with Crippen molar-refractivity contribution in [2.75, 3.05) is 13.7 Å². The number of hydrogen-bond donors (Lipinski definition) is 0. The van der Waals surface area contributed by atoms with E-state index in [1.807, 2.05) is 56.3 Å². The van der Waals surface area contributed by atoms with Crippen LogP contribution in [0.2, 0.25) is 0 Å². The Labute approximate surface area is 163 Å². The molecule has 0 N–H and O–H groups in total. The first kappa shape index (κ1) is 19.4. The van der Waals surface area contributed by atoms with Crippen molar-refractivity contribution >= 4 is 5.91 Å². The highest BCUT2D eigenvalue weighted by Crippen LogP contribution is 2.20. The van der Waals surface area contributed by atoms with E-state index >= 15 is 0 Å². The van der Waals surface area contributed by atoms with Gasteiger partial charge in [0.1, 0.15) is 18.0 Å². The van der Waals surface area contributed by atoms with Gasteiger partial charge in [-0.25, -0.2) is 0 Å². The number of rotatable bonds is 8. The highest BCUT2D eigenvalue weighted by atomic mass is 16.5. The van der Waals surface area contributed by atoms with Gasteiger partial charge >= 0.3 is 0 Å². The number of nitrogens with zero attached hydrogens (tertiary/aromatic N) is 3. The molecule has 7 heteroatoms. The maximum absolute atomic E-state index is 12.7. The Bertz CT molecular complexity index is 909. The molecule has 1 aromatic heterocycles. The van der Waals surface area contributed by atoms with Gasteiger partial charge in [0.25, 0.3) is 5.91 Å². The molecule has 1 amide bonds. The van der Waals surface area contributed by atoms with E-state index in [0.29, 0.717) is 23.2 Å². The summed E-state index contributed by atoms with van der Waals surface area (Å²) in [5, 5.41) is 4.00. The minimum atomic E-state index is -0.169. The highest BCUT2D eigenvalue weighted by Gasteiger charge is 2.21. The van der Waals surface area contributed by atoms with Crippen LogP contribution in [0.25, 0.3) is 11.4 Å². The van der Waals surface area contributed by atoms with Crippen LogP contribution in [0.4, 0.5) is 0 Å². The fourth-order valence-electron chi connectivity index (χ4n) is 2.65. The van der Waals surface area contributed by atoms with Crippen molar-refractivity contribution < 1.29 is 18.8 Å². The number of carbonyl (C=O) groups is 1. The van der Waals surface area contributed by atoms with E-state index in [4.69, 9.17) is 14.0 Å². The summed E-state index contributed by atoms with van der Waals surface area (Å²) in [6.45, 7) is 3.98. The van der Waals surface area contributed by atoms with E-state index in [9.17, 15) is 4.79 Å². The molecule has 0 bridgehead atoms. The van der Waals surface area contributed by atoms with Crippen LogP contribution in [0.5, 0.6) is 11.5 Å². The Balaban J connectivity index is 1.64. The third kappa shape index (κ3) is 4.88. The van der Waals surface area contributed by atoms with Gasteiger partial charge in [0, 0.05) is 17.7 Å². The van der Waals surface area contributed by atoms with Gasteiger partial charge in [-0.05, 0) is 26.0 Å². The van der Waals surface area contributed by atoms with Crippen molar-refractivity contribution in [2.45, 2.75) is 26.4 Å². The summed E-state index contributed by atoms with van der Waals surface area (Å²) in [4.78, 5) is 18.7. The molecule has 3 aromatic rings. The fraction of sp³-hybridized carbons (Fsp3) is 0.286. The lowest BCUT2D eigenvalue weighted by atomic mass is 10.2. The highest BCUT2D eigenvalue weighted by molar-refractivity contribution is 5.78. The molecule has 0 aliphatic heterocycles. The predicted molar refractivity (Wildman–Crippen MR) is 104 cm³/mol. The lowest BCUT2D eigenvalue weighted by Crippen LogP contribution is -2.39. The molecule has 0 saturated heterocycles. The van der Waals surface area contributed by atoms with Crippen LogP contribution in [0, 0.1) is 0 Å². The second-order valence-corrected chi connectivity index (χ2v) is 6.46. The van der Waals surface area contributed by atoms with Crippen LogP contribution >= 0.6 is 0 Å². The standard InChI is InChI=1S/C21H23N3O4/c1-15(2)24(20(25)14-27-18-11-7-10-17(12-18)26-3)13-19-22-21(23-28-19)16-8-5-4-6-9-16/h4-12,15H,13-14H2,1-3H3. The molecule has 0 saturated carbocycles. The molecule has 0 aliphatic rings. The zero-order valence-electron chi connectivity index (χ0n) is 16.2. The average molecular weight is 381 g/mol. The number of amides is 1. The van der Waals surface area contributed by atoms with Crippen LogP contribution < -0.4 is 9.47 Å². The Hall–Kier alpha value is -3.35. The van der Waals surface area contributed by atoms with Crippen LogP contribution in [-0.2, 0) is 11.3 Å². The van der Waals surface area contributed by atoms with Crippen LogP contribution in [0.3, 0.4) is 0 Å². The lowest BCUT2D eigenvalue weighted by Gasteiger charge is -2.25. The Morgan fingerprint density at radius 2 is 1.86 bits per heavy atom. The molecule has 1 heterocycles. The number of benzene rings is 2. The summed E-state index contributed by atoms with van der Waals surface area (Å²) >= 11 is 0. The first-order valence-corrected chi connectivity index (χ1v) is 9.01. The monoisotopic (exact) mass is 381 g/mol. The number of aromatic nitrogens is 2. The summed E-state index contributed by atoms with van der Waals surface area (Å²) in [5.74, 6) is 1.95. The Kier molecular flexibility index (Phi) is 6.26. The number of hydrogen-bond acceptors (Lipinski definition) is 6. The van der Waals surface area contributed by atoms with Gasteiger partial charge in [-0.2, -0.15) is 4.98 Å². The molecule has 0 spiro atoms. The summed E-state index contributed by atoms with van der Waals surface area (Å²) < 4.78 is 16.1. The van der Waals surface area contributed by atoms with Gasteiger partial charge < -0.3 is 18.9 Å². The lowest BCUT2D eigenvalue weighted by molar-refractivity contribution is -0.136. The van der Waals surface area contributed by atoms with E-state index in [1.54, 1.807) is 24.1 Å². The van der Waals surface area contributed by atoms with E-state index < -0.39 is 0 Å². The number of carbonyl (C=O) groups excluding carboxylic acids is 1. The third-order valence-electron chi connectivity index (χ3n) is 4.15. The molecule has 0 unspecified atom stereocenters. The zero-order valence-corrected chi connectivity index (χ0v) is 16.2. The summed E-state index contributed by atoms with van der Waals surface area (Å²) in [7, 11) is 1.58. The molecule has 0 atom stereocenters. The van der Waals surface area contributed by atoms with Crippen molar-refractivity contribution in [1.29, 1.82) is 0 Å². The van der Waals surface area contributed by atoms with Gasteiger partial charge in [-0.15, -0.1) is 0 Å². The Morgan fingerprint density at radius 3 is 2.57 bits per heavy atom. The molecule has 146 valence electrons. The first-order chi connectivity index (χ1) is 13.6. The molecule has 0 fully saturated rings. The summed E-state index contributed by atoms with van der Waals surface area (Å²) in [6, 6.07) is 16.6. The fourth-order valence-corrected chi connectivity index (χ4v) is 2.65. The predicted octanol–water partition coefficient (Wildman–Crippen LogP) is 3.56. The van der Waals surface area contributed by atoms with Crippen LogP contribution in [0.1, 0.15) is 19.7 Å². The van der Waals surface area contributed by atoms with Gasteiger partial charge in [-0.3, -0.25) is 4.79 Å². The van der Waals surface area contributed by atoms with Crippen molar-refractivity contribution in [3.8, 4) is 22.9 Å². The second-order valence-electron chi connectivity index (χ2n) is 6.46. The first-order valence-electron chi connectivity index (χ1n) is 9.01. The maximum atomic E-state index is 12.7. The Morgan fingerprint density at radius 1 is 1.11 bits per heavy atom. The molecule has 2 aromatic carbocycles. The van der Waals surface area contributed by atoms with Crippen molar-refractivity contribution in [3.63, 3.8) is 0 Å². The molecule has 28 heavy (non-hydrogen) atoms. The van der Waals surface area contributed by atoms with E-state index in [2.05, 4.69) is 10.1 Å². The minimum absolute atomic E-state index is 0.0477. The van der Waals surface area contributed by atoms with Crippen molar-refractivity contribution in [3.05, 3.63) is 60.5 Å². The smallest absolute Gasteiger partial charge is 0.261 e. The van der Waals surface area contributed by atoms with Gasteiger partial charge in [0.2, 0.25) is 11.7 Å². The topological polar surface area (TPSA) is 77.7 Å². The van der Waals surface area contributed by atoms with Gasteiger partial charge in [0.15, 0.2) is 6.61 Å². The second kappa shape index (κ2) is 9.03. The quantitative estimate of drug-likeness (QED) is 0.594. The van der Waals surface area contributed by atoms with E-state index in [0.717, 1.165) is 5.56 Å². The minimum Gasteiger partial charge on any atom is -0.497 e. The van der Waals surface area contributed by atoms with E-state index in [-0.39, 0.29) is 25.1 Å². The van der Waals surface area contributed by atoms with Gasteiger partial charge in [-0.1, -0.05) is 41.6 Å². The van der Waals surface area contributed by atoms with Crippen LogP contribution in [-0.4, -0.2) is 40.7 Å². The average Bonchev–Trinajstić information content (AvgIpc) is 3.19. The SMILES string of the molecule is COc1cccc(OCC(=O)N(Cc2nc(-c3ccccc3)no2)C(C)C)c1. The normalized spacial score (nSPS) is 10.7. The number of methoxy groups -OCH3 is 1. The molecule has 3 rings (SSSR count). The van der Waals surface area contributed by atoms with Gasteiger partial charge in [0.05, 0.1) is 7.11 Å². The molecule has 0 aliphatic carbocycles. The number of ether oxygens (including phenoxy) is 2. The zero-order chi connectivity index (χ0) is 19.9. The van der Waals surface area contributed by atoms with Crippen molar-refractivity contribution in [1.82, 2.24) is 15.0 Å². The molecule has 7 nitrogen and oxygen atoms in total. The third-order valence-corrected chi connectivity index (χ3v) is 4.15. The van der Waals surface area contributed by atoms with Crippen LogP contribution in [0.15, 0.2) is 59.1 Å². The largest absolute Gasteiger partial charge is 0.497 e. The molecular weight excluding hydrogens is 358 g/mol. The summed E-state index contributed by atoms with van der Waals surface area (Å²) in [5.41, 5.74) is 0.862. The maximum Gasteiger partial charge on any atom is 0.261 e. The summed E-state index contributed by atoms with van der Waals surface area (Å²) in [6.07, 6.45) is 0. The van der Waals surface area contributed by atoms with Crippen molar-refractivity contribution in [2.24, 2.45) is 0 Å².